The van der Waals surface area contributed by atoms with Crippen molar-refractivity contribution in [1.82, 2.24) is 0 Å². The minimum Gasteiger partial charge on any atom is -0.467 e. The fourth-order valence-corrected chi connectivity index (χ4v) is 1.88. The Morgan fingerprint density at radius 1 is 1.17 bits per heavy atom. The normalized spacial score (nSPS) is 14.5. The molecule has 0 fully saturated rings. The van der Waals surface area contributed by atoms with Crippen LogP contribution in [-0.2, 0) is 11.2 Å². The summed E-state index contributed by atoms with van der Waals surface area (Å²) in [6, 6.07) is 9.29. The fraction of sp³-hybridized carbons (Fsp3) is 0.500. The minimum absolute atomic E-state index is 0.0429. The van der Waals surface area contributed by atoms with Gasteiger partial charge >= 0.3 is 6.18 Å². The van der Waals surface area contributed by atoms with Crippen LogP contribution in [0.3, 0.4) is 0 Å². The third kappa shape index (κ3) is 8.43. The number of rotatable bonds is 7. The number of ether oxygens (including phenoxy) is 1. The maximum absolute atomic E-state index is 13.0. The van der Waals surface area contributed by atoms with Gasteiger partial charge in [-0.2, -0.15) is 13.2 Å². The predicted octanol–water partition coefficient (Wildman–Crippen LogP) is 5.20. The quantitative estimate of drug-likeness (QED) is 0.383. The van der Waals surface area contributed by atoms with E-state index in [2.05, 4.69) is 4.99 Å². The van der Waals surface area contributed by atoms with E-state index in [1.165, 1.54) is 0 Å². The Hall–Kier alpha value is -1.78. The van der Waals surface area contributed by atoms with E-state index in [4.69, 9.17) is 4.74 Å². The zero-order valence-electron chi connectivity index (χ0n) is 13.8. The zero-order valence-corrected chi connectivity index (χ0v) is 13.8. The summed E-state index contributed by atoms with van der Waals surface area (Å²) in [5, 5.41) is 0. The lowest BCUT2D eigenvalue weighted by atomic mass is 10.1. The van der Waals surface area contributed by atoms with Gasteiger partial charge in [0.25, 0.3) is 5.90 Å². The first-order chi connectivity index (χ1) is 10.8. The van der Waals surface area contributed by atoms with E-state index in [1.54, 1.807) is 13.0 Å². The highest BCUT2D eigenvalue weighted by Gasteiger charge is 2.38. The van der Waals surface area contributed by atoms with Crippen LogP contribution in [0.15, 0.2) is 47.5 Å². The van der Waals surface area contributed by atoms with Crippen LogP contribution in [-0.4, -0.2) is 24.7 Å². The van der Waals surface area contributed by atoms with Crippen LogP contribution < -0.4 is 0 Å². The topological polar surface area (TPSA) is 21.6 Å². The van der Waals surface area contributed by atoms with Gasteiger partial charge in [0.15, 0.2) is 0 Å². The van der Waals surface area contributed by atoms with Gasteiger partial charge in [0, 0.05) is 6.54 Å². The largest absolute Gasteiger partial charge is 0.468 e. The number of hydrogen-bond acceptors (Lipinski definition) is 2. The summed E-state index contributed by atoms with van der Waals surface area (Å²) < 4.78 is 43.9. The Balaban J connectivity index is 2.62. The monoisotopic (exact) mass is 327 g/mol. The standard InChI is InChI=1S/C18H24F3NO/c1-14(2)8-7-9-15(3)23-17(18(19,20)21)22-13-12-16-10-5-4-6-11-16/h4-7,9-11,14-15H,8,12-13H2,1-3H3/b9-7+,22-17?/t15-/m1/s1. The summed E-state index contributed by atoms with van der Waals surface area (Å²) in [4.78, 5) is 3.61. The van der Waals surface area contributed by atoms with Crippen LogP contribution in [0.4, 0.5) is 13.2 Å². The molecular weight excluding hydrogens is 303 g/mol. The SMILES string of the molecule is CC(C)C/C=C/[C@@H](C)OC(=NCCc1ccccc1)C(F)(F)F. The molecule has 1 atom stereocenters. The van der Waals surface area contributed by atoms with Crippen LogP contribution in [0.2, 0.25) is 0 Å². The van der Waals surface area contributed by atoms with Gasteiger partial charge in [-0.3, -0.25) is 0 Å². The Kier molecular flexibility index (Phi) is 7.86. The summed E-state index contributed by atoms with van der Waals surface area (Å²) in [5.74, 6) is -0.699. The average molecular weight is 327 g/mol. The number of alkyl halides is 3. The molecule has 5 heteroatoms. The first-order valence-corrected chi connectivity index (χ1v) is 7.78. The molecule has 0 aromatic heterocycles. The predicted molar refractivity (Wildman–Crippen MR) is 87.6 cm³/mol. The van der Waals surface area contributed by atoms with Crippen LogP contribution in [0.1, 0.15) is 32.8 Å². The van der Waals surface area contributed by atoms with Crippen LogP contribution in [0.25, 0.3) is 0 Å². The van der Waals surface area contributed by atoms with Crippen molar-refractivity contribution >= 4 is 5.90 Å². The van der Waals surface area contributed by atoms with Crippen LogP contribution in [0, 0.1) is 5.92 Å². The second kappa shape index (κ2) is 9.38. The average Bonchev–Trinajstić information content (AvgIpc) is 2.46. The summed E-state index contributed by atoms with van der Waals surface area (Å²) in [7, 11) is 0. The molecule has 0 saturated heterocycles. The van der Waals surface area contributed by atoms with E-state index < -0.39 is 18.2 Å². The Labute approximate surface area is 136 Å². The molecule has 0 unspecified atom stereocenters. The van der Waals surface area contributed by atoms with Gasteiger partial charge in [-0.1, -0.05) is 50.3 Å². The third-order valence-electron chi connectivity index (χ3n) is 3.05. The zero-order chi connectivity index (χ0) is 17.3. The lowest BCUT2D eigenvalue weighted by Crippen LogP contribution is -2.29. The number of halogens is 3. The number of aliphatic imine (C=N–C) groups is 1. The molecule has 2 nitrogen and oxygen atoms in total. The van der Waals surface area contributed by atoms with E-state index in [0.717, 1.165) is 12.0 Å². The minimum atomic E-state index is -4.57. The van der Waals surface area contributed by atoms with Gasteiger partial charge in [-0.15, -0.1) is 0 Å². The van der Waals surface area contributed by atoms with Crippen molar-refractivity contribution in [1.29, 1.82) is 0 Å². The van der Waals surface area contributed by atoms with E-state index in [0.29, 0.717) is 12.3 Å². The lowest BCUT2D eigenvalue weighted by molar-refractivity contribution is -0.0808. The molecule has 0 aliphatic rings. The van der Waals surface area contributed by atoms with E-state index in [-0.39, 0.29) is 6.54 Å². The van der Waals surface area contributed by atoms with Crippen molar-refractivity contribution in [2.75, 3.05) is 6.54 Å². The highest BCUT2D eigenvalue weighted by Crippen LogP contribution is 2.20. The smallest absolute Gasteiger partial charge is 0.467 e. The molecule has 0 radical (unpaired) electrons. The molecule has 1 aromatic rings. The Morgan fingerprint density at radius 3 is 2.39 bits per heavy atom. The summed E-state index contributed by atoms with van der Waals surface area (Å²) >= 11 is 0. The van der Waals surface area contributed by atoms with Gasteiger partial charge < -0.3 is 4.74 Å². The molecule has 0 N–H and O–H groups in total. The Bertz CT molecular complexity index is 507. The van der Waals surface area contributed by atoms with Crippen molar-refractivity contribution in [3.05, 3.63) is 48.0 Å². The summed E-state index contributed by atoms with van der Waals surface area (Å²) in [5.41, 5.74) is 0.947. The highest BCUT2D eigenvalue weighted by atomic mass is 19.4. The van der Waals surface area contributed by atoms with Gasteiger partial charge in [0.1, 0.15) is 6.10 Å². The van der Waals surface area contributed by atoms with Crippen molar-refractivity contribution in [3.63, 3.8) is 0 Å². The molecular formula is C18H24F3NO. The molecule has 0 bridgehead atoms. The van der Waals surface area contributed by atoms with Gasteiger partial charge in [0.05, 0.1) is 0 Å². The first-order valence-electron chi connectivity index (χ1n) is 7.78. The molecule has 23 heavy (non-hydrogen) atoms. The molecule has 0 aliphatic carbocycles. The fourth-order valence-electron chi connectivity index (χ4n) is 1.88. The number of nitrogens with zero attached hydrogens (tertiary/aromatic N) is 1. The van der Waals surface area contributed by atoms with Gasteiger partial charge in [0.2, 0.25) is 0 Å². The lowest BCUT2D eigenvalue weighted by Gasteiger charge is -2.16. The molecule has 128 valence electrons. The second-order valence-corrected chi connectivity index (χ2v) is 5.80. The van der Waals surface area contributed by atoms with Crippen molar-refractivity contribution in [2.45, 2.75) is 45.9 Å². The molecule has 0 heterocycles. The molecule has 0 aliphatic heterocycles. The molecule has 0 saturated carbocycles. The molecule has 0 amide bonds. The molecule has 1 aromatic carbocycles. The number of allylic oxidation sites excluding steroid dienone is 1. The van der Waals surface area contributed by atoms with Gasteiger partial charge in [-0.05, 0) is 37.3 Å². The highest BCUT2D eigenvalue weighted by molar-refractivity contribution is 5.82. The maximum atomic E-state index is 13.0. The number of hydrogen-bond donors (Lipinski definition) is 0. The van der Waals surface area contributed by atoms with Crippen molar-refractivity contribution in [2.24, 2.45) is 10.9 Å². The molecule has 1 rings (SSSR count). The Morgan fingerprint density at radius 2 is 1.83 bits per heavy atom. The first kappa shape index (κ1) is 19.3. The number of benzene rings is 1. The van der Waals surface area contributed by atoms with E-state index in [9.17, 15) is 13.2 Å². The van der Waals surface area contributed by atoms with Crippen LogP contribution >= 0.6 is 0 Å². The van der Waals surface area contributed by atoms with E-state index in [1.807, 2.05) is 50.3 Å². The second-order valence-electron chi connectivity index (χ2n) is 5.80. The summed E-state index contributed by atoms with van der Waals surface area (Å²) in [6.07, 6.45) is -0.504. The van der Waals surface area contributed by atoms with Gasteiger partial charge in [-0.25, -0.2) is 4.99 Å². The van der Waals surface area contributed by atoms with Crippen molar-refractivity contribution < 1.29 is 17.9 Å². The third-order valence-corrected chi connectivity index (χ3v) is 3.05. The van der Waals surface area contributed by atoms with Crippen molar-refractivity contribution in [3.8, 4) is 0 Å². The van der Waals surface area contributed by atoms with E-state index >= 15 is 0 Å². The molecule has 0 spiro atoms. The summed E-state index contributed by atoms with van der Waals surface area (Å²) in [6.45, 7) is 5.71. The van der Waals surface area contributed by atoms with Crippen LogP contribution in [0.5, 0.6) is 0 Å². The maximum Gasteiger partial charge on any atom is 0.468 e.